The first-order valence-corrected chi connectivity index (χ1v) is 6.70. The molecule has 1 aromatic rings. The van der Waals surface area contributed by atoms with E-state index in [1.807, 2.05) is 24.0 Å². The van der Waals surface area contributed by atoms with Crippen LogP contribution in [0.25, 0.3) is 0 Å². The van der Waals surface area contributed by atoms with E-state index < -0.39 is 0 Å². The second-order valence-corrected chi connectivity index (χ2v) is 5.38. The molecule has 98 valence electrons. The Bertz CT molecular complexity index is 426. The van der Waals surface area contributed by atoms with Crippen LogP contribution < -0.4 is 5.73 Å². The lowest BCUT2D eigenvalue weighted by Crippen LogP contribution is -2.47. The maximum atomic E-state index is 12.7. The zero-order valence-electron chi connectivity index (χ0n) is 11.4. The molecule has 0 bridgehead atoms. The summed E-state index contributed by atoms with van der Waals surface area (Å²) in [5.41, 5.74) is 8.20. The molecular weight excluding hydrogens is 224 g/mol. The van der Waals surface area contributed by atoms with Crippen LogP contribution in [0.1, 0.15) is 49.0 Å². The summed E-state index contributed by atoms with van der Waals surface area (Å²) in [6, 6.07) is 6.26. The molecule has 1 aliphatic heterocycles. The Morgan fingerprint density at radius 2 is 1.89 bits per heavy atom. The normalized spacial score (nSPS) is 24.1. The molecule has 1 heterocycles. The minimum atomic E-state index is 0.0882. The average Bonchev–Trinajstić information content (AvgIpc) is 2.28. The monoisotopic (exact) mass is 246 g/mol. The first kappa shape index (κ1) is 12.9. The smallest absolute Gasteiger partial charge is 0.256 e. The van der Waals surface area contributed by atoms with Crippen molar-refractivity contribution in [1.82, 2.24) is 4.90 Å². The second-order valence-electron chi connectivity index (χ2n) is 5.38. The minimum Gasteiger partial charge on any atom is -0.398 e. The largest absolute Gasteiger partial charge is 0.398 e. The number of hydrogen-bond acceptors (Lipinski definition) is 2. The summed E-state index contributed by atoms with van der Waals surface area (Å²) in [5.74, 6) is 0.0882. The van der Waals surface area contributed by atoms with E-state index in [0.717, 1.165) is 18.4 Å². The van der Waals surface area contributed by atoms with Crippen LogP contribution in [0.2, 0.25) is 0 Å². The Morgan fingerprint density at radius 1 is 1.28 bits per heavy atom. The topological polar surface area (TPSA) is 46.3 Å². The Balaban J connectivity index is 2.35. The van der Waals surface area contributed by atoms with Gasteiger partial charge in [0.25, 0.3) is 5.91 Å². The molecule has 18 heavy (non-hydrogen) atoms. The van der Waals surface area contributed by atoms with E-state index in [1.165, 1.54) is 6.42 Å². The molecule has 0 aromatic heterocycles. The molecule has 0 saturated carbocycles. The number of piperidine rings is 1. The summed E-state index contributed by atoms with van der Waals surface area (Å²) < 4.78 is 0. The van der Waals surface area contributed by atoms with Gasteiger partial charge in [-0.3, -0.25) is 4.79 Å². The second kappa shape index (κ2) is 5.01. The van der Waals surface area contributed by atoms with Crippen molar-refractivity contribution < 1.29 is 4.79 Å². The summed E-state index contributed by atoms with van der Waals surface area (Å²) >= 11 is 0. The molecule has 2 unspecified atom stereocenters. The van der Waals surface area contributed by atoms with Crippen LogP contribution >= 0.6 is 0 Å². The maximum Gasteiger partial charge on any atom is 0.256 e. The van der Waals surface area contributed by atoms with Gasteiger partial charge in [0.15, 0.2) is 0 Å². The number of nitrogen functional groups attached to an aromatic ring is 1. The van der Waals surface area contributed by atoms with Crippen LogP contribution in [0.4, 0.5) is 5.69 Å². The van der Waals surface area contributed by atoms with Crippen LogP contribution in [-0.4, -0.2) is 22.9 Å². The van der Waals surface area contributed by atoms with Gasteiger partial charge in [0, 0.05) is 17.8 Å². The molecular formula is C15H22N2O. The summed E-state index contributed by atoms with van der Waals surface area (Å²) in [6.07, 6.45) is 3.37. The molecule has 3 nitrogen and oxygen atoms in total. The quantitative estimate of drug-likeness (QED) is 0.774. The van der Waals surface area contributed by atoms with Crippen LogP contribution in [0.5, 0.6) is 0 Å². The Hall–Kier alpha value is -1.51. The number of anilines is 1. The number of carbonyl (C=O) groups is 1. The van der Waals surface area contributed by atoms with Crippen molar-refractivity contribution in [3.05, 3.63) is 29.3 Å². The van der Waals surface area contributed by atoms with Crippen molar-refractivity contribution in [2.45, 2.75) is 52.1 Å². The van der Waals surface area contributed by atoms with Crippen molar-refractivity contribution in [3.8, 4) is 0 Å². The van der Waals surface area contributed by atoms with Gasteiger partial charge in [0.1, 0.15) is 0 Å². The number of nitrogens with zero attached hydrogens (tertiary/aromatic N) is 1. The molecule has 2 N–H and O–H groups in total. The number of hydrogen-bond donors (Lipinski definition) is 1. The fourth-order valence-corrected chi connectivity index (χ4v) is 2.93. The van der Waals surface area contributed by atoms with Crippen LogP contribution in [0, 0.1) is 6.92 Å². The molecule has 3 heteroatoms. The molecule has 1 fully saturated rings. The number of aryl methyl sites for hydroxylation is 1. The van der Waals surface area contributed by atoms with E-state index in [-0.39, 0.29) is 5.91 Å². The van der Waals surface area contributed by atoms with Gasteiger partial charge >= 0.3 is 0 Å². The third-order valence-corrected chi connectivity index (χ3v) is 3.95. The van der Waals surface area contributed by atoms with Gasteiger partial charge < -0.3 is 10.6 Å². The van der Waals surface area contributed by atoms with Crippen LogP contribution in [-0.2, 0) is 0 Å². The average molecular weight is 246 g/mol. The highest BCUT2D eigenvalue weighted by atomic mass is 16.2. The number of nitrogens with two attached hydrogens (primary N) is 1. The molecule has 1 amide bonds. The van der Waals surface area contributed by atoms with Gasteiger partial charge in [-0.05, 0) is 51.7 Å². The fraction of sp³-hybridized carbons (Fsp3) is 0.533. The molecule has 1 saturated heterocycles. The Labute approximate surface area is 109 Å². The molecule has 0 aliphatic carbocycles. The third-order valence-electron chi connectivity index (χ3n) is 3.95. The molecule has 1 aliphatic rings. The molecule has 0 spiro atoms. The number of rotatable bonds is 1. The third kappa shape index (κ3) is 2.22. The predicted octanol–water partition coefficient (Wildman–Crippen LogP) is 2.98. The first-order chi connectivity index (χ1) is 8.52. The van der Waals surface area contributed by atoms with Crippen molar-refractivity contribution >= 4 is 11.6 Å². The van der Waals surface area contributed by atoms with Gasteiger partial charge in [0.2, 0.25) is 0 Å². The lowest BCUT2D eigenvalue weighted by Gasteiger charge is -2.39. The van der Waals surface area contributed by atoms with E-state index in [1.54, 1.807) is 6.07 Å². The molecule has 0 radical (unpaired) electrons. The highest BCUT2D eigenvalue weighted by Crippen LogP contribution is 2.27. The first-order valence-electron chi connectivity index (χ1n) is 6.70. The van der Waals surface area contributed by atoms with Crippen molar-refractivity contribution in [2.75, 3.05) is 5.73 Å². The van der Waals surface area contributed by atoms with Crippen LogP contribution in [0.15, 0.2) is 18.2 Å². The van der Waals surface area contributed by atoms with E-state index in [4.69, 9.17) is 5.73 Å². The van der Waals surface area contributed by atoms with Gasteiger partial charge in [0.05, 0.1) is 5.56 Å². The number of likely N-dealkylation sites (tertiary alicyclic amines) is 1. The Kier molecular flexibility index (Phi) is 3.60. The number of benzene rings is 1. The summed E-state index contributed by atoms with van der Waals surface area (Å²) in [6.45, 7) is 6.20. The Morgan fingerprint density at radius 3 is 2.44 bits per heavy atom. The molecule has 2 atom stereocenters. The highest BCUT2D eigenvalue weighted by molar-refractivity contribution is 6.00. The summed E-state index contributed by atoms with van der Waals surface area (Å²) in [7, 11) is 0. The lowest BCUT2D eigenvalue weighted by molar-refractivity contribution is 0.0511. The minimum absolute atomic E-state index is 0.0882. The fourth-order valence-electron chi connectivity index (χ4n) is 2.93. The van der Waals surface area contributed by atoms with Crippen molar-refractivity contribution in [3.63, 3.8) is 0 Å². The van der Waals surface area contributed by atoms with E-state index in [2.05, 4.69) is 13.8 Å². The van der Waals surface area contributed by atoms with Gasteiger partial charge in [-0.25, -0.2) is 0 Å². The van der Waals surface area contributed by atoms with Crippen LogP contribution in [0.3, 0.4) is 0 Å². The van der Waals surface area contributed by atoms with Crippen molar-refractivity contribution in [1.29, 1.82) is 0 Å². The summed E-state index contributed by atoms with van der Waals surface area (Å²) in [5, 5.41) is 0. The van der Waals surface area contributed by atoms with E-state index in [0.29, 0.717) is 23.3 Å². The molecule has 2 rings (SSSR count). The predicted molar refractivity (Wildman–Crippen MR) is 74.5 cm³/mol. The van der Waals surface area contributed by atoms with Gasteiger partial charge in [-0.2, -0.15) is 0 Å². The van der Waals surface area contributed by atoms with Gasteiger partial charge in [-0.1, -0.05) is 12.1 Å². The SMILES string of the molecule is Cc1cccc(N)c1C(=O)N1C(C)CCCC1C. The zero-order chi connectivity index (χ0) is 13.3. The molecule has 1 aromatic carbocycles. The summed E-state index contributed by atoms with van der Waals surface area (Å²) in [4.78, 5) is 14.7. The number of carbonyl (C=O) groups excluding carboxylic acids is 1. The van der Waals surface area contributed by atoms with Gasteiger partial charge in [-0.15, -0.1) is 0 Å². The standard InChI is InChI=1S/C15H22N2O/c1-10-6-4-9-13(16)14(10)15(18)17-11(2)7-5-8-12(17)3/h4,6,9,11-12H,5,7-8,16H2,1-3H3. The van der Waals surface area contributed by atoms with E-state index in [9.17, 15) is 4.79 Å². The highest BCUT2D eigenvalue weighted by Gasteiger charge is 2.31. The van der Waals surface area contributed by atoms with E-state index >= 15 is 0 Å². The number of amides is 1. The lowest BCUT2D eigenvalue weighted by atomic mass is 9.95. The zero-order valence-corrected chi connectivity index (χ0v) is 11.4. The van der Waals surface area contributed by atoms with Crippen molar-refractivity contribution in [2.24, 2.45) is 0 Å². The maximum absolute atomic E-state index is 12.7.